The zero-order valence-electron chi connectivity index (χ0n) is 19.0. The average Bonchev–Trinajstić information content (AvgIpc) is 3.24. The Kier molecular flexibility index (Phi) is 5.51. The maximum atomic E-state index is 13.2. The summed E-state index contributed by atoms with van der Waals surface area (Å²) in [4.78, 5) is 35.3. The Hall–Kier alpha value is -4.53. The summed E-state index contributed by atoms with van der Waals surface area (Å²) >= 11 is 0. The van der Waals surface area contributed by atoms with Crippen LogP contribution in [0.3, 0.4) is 0 Å². The number of amides is 1. The number of aryl methyl sites for hydroxylation is 1. The van der Waals surface area contributed by atoms with Crippen LogP contribution in [0.4, 0.5) is 5.95 Å². The first-order valence-corrected chi connectivity index (χ1v) is 10.9. The van der Waals surface area contributed by atoms with Crippen molar-refractivity contribution in [3.8, 4) is 22.8 Å². The van der Waals surface area contributed by atoms with E-state index in [0.717, 1.165) is 11.3 Å². The number of anilines is 1. The lowest BCUT2D eigenvalue weighted by Crippen LogP contribution is -2.17. The van der Waals surface area contributed by atoms with Gasteiger partial charge in [-0.2, -0.15) is 15.1 Å². The Morgan fingerprint density at radius 3 is 2.41 bits per heavy atom. The molecule has 1 aromatic carbocycles. The summed E-state index contributed by atoms with van der Waals surface area (Å²) in [6.07, 6.45) is 1.66. The number of carbonyl (C=O) groups excluding carboxylic acids is 1. The SMILES string of the molecule is Cc1nc(NC(=O)c2nn(C(C)C)c3nc(-c4ccccc4)ccc23)nc(-c2ccccn2)n1. The predicted molar refractivity (Wildman–Crippen MR) is 129 cm³/mol. The summed E-state index contributed by atoms with van der Waals surface area (Å²) in [5.74, 6) is 0.573. The topological polar surface area (TPSA) is 111 Å². The molecule has 4 heterocycles. The lowest BCUT2D eigenvalue weighted by Gasteiger charge is -2.07. The van der Waals surface area contributed by atoms with Crippen LogP contribution in [0.1, 0.15) is 36.2 Å². The number of nitrogens with zero attached hydrogens (tertiary/aromatic N) is 7. The second-order valence-electron chi connectivity index (χ2n) is 8.02. The maximum absolute atomic E-state index is 13.2. The first kappa shape index (κ1) is 21.3. The third-order valence-corrected chi connectivity index (χ3v) is 5.20. The largest absolute Gasteiger partial charge is 0.289 e. The molecule has 4 aromatic heterocycles. The lowest BCUT2D eigenvalue weighted by atomic mass is 10.1. The Morgan fingerprint density at radius 1 is 0.882 bits per heavy atom. The van der Waals surface area contributed by atoms with Gasteiger partial charge in [0.25, 0.3) is 5.91 Å². The molecule has 168 valence electrons. The van der Waals surface area contributed by atoms with Gasteiger partial charge in [0.1, 0.15) is 11.5 Å². The van der Waals surface area contributed by atoms with Crippen LogP contribution in [0.2, 0.25) is 0 Å². The van der Waals surface area contributed by atoms with Crippen LogP contribution in [0, 0.1) is 6.92 Å². The van der Waals surface area contributed by atoms with Gasteiger partial charge >= 0.3 is 0 Å². The van der Waals surface area contributed by atoms with E-state index >= 15 is 0 Å². The third kappa shape index (κ3) is 4.11. The van der Waals surface area contributed by atoms with Crippen LogP contribution >= 0.6 is 0 Å². The minimum atomic E-state index is -0.420. The van der Waals surface area contributed by atoms with Crippen molar-refractivity contribution in [1.29, 1.82) is 0 Å². The summed E-state index contributed by atoms with van der Waals surface area (Å²) in [5.41, 5.74) is 3.30. The van der Waals surface area contributed by atoms with Crippen molar-refractivity contribution in [2.75, 3.05) is 5.32 Å². The molecule has 5 aromatic rings. The summed E-state index contributed by atoms with van der Waals surface area (Å²) in [6.45, 7) is 5.74. The van der Waals surface area contributed by atoms with Gasteiger partial charge in [-0.15, -0.1) is 0 Å². The van der Waals surface area contributed by atoms with E-state index in [1.54, 1.807) is 23.9 Å². The second-order valence-corrected chi connectivity index (χ2v) is 8.02. The molecule has 34 heavy (non-hydrogen) atoms. The predicted octanol–water partition coefficient (Wildman–Crippen LogP) is 4.49. The van der Waals surface area contributed by atoms with E-state index in [9.17, 15) is 4.79 Å². The molecule has 0 aliphatic heterocycles. The van der Waals surface area contributed by atoms with Crippen molar-refractivity contribution in [2.24, 2.45) is 0 Å². The highest BCUT2D eigenvalue weighted by Gasteiger charge is 2.21. The maximum Gasteiger partial charge on any atom is 0.279 e. The van der Waals surface area contributed by atoms with E-state index in [4.69, 9.17) is 4.98 Å². The standard InChI is InChI=1S/C25H22N8O/c1-15(2)33-23-18(12-13-19(29-23)17-9-5-4-6-10-17)21(32-33)24(34)31-25-28-16(3)27-22(30-25)20-11-7-8-14-26-20/h4-15H,1-3H3,(H,27,28,30,31,34). The van der Waals surface area contributed by atoms with Crippen LogP contribution in [-0.2, 0) is 0 Å². The zero-order valence-corrected chi connectivity index (χ0v) is 19.0. The molecule has 9 nitrogen and oxygen atoms in total. The molecule has 0 saturated heterocycles. The zero-order chi connectivity index (χ0) is 23.7. The van der Waals surface area contributed by atoms with Crippen molar-refractivity contribution in [3.05, 3.63) is 78.4 Å². The van der Waals surface area contributed by atoms with Gasteiger partial charge in [-0.05, 0) is 45.0 Å². The summed E-state index contributed by atoms with van der Waals surface area (Å²) in [5, 5.41) is 8.00. The summed E-state index contributed by atoms with van der Waals surface area (Å²) in [6, 6.07) is 19.1. The van der Waals surface area contributed by atoms with Gasteiger partial charge in [0.05, 0.1) is 11.1 Å². The van der Waals surface area contributed by atoms with E-state index < -0.39 is 5.91 Å². The summed E-state index contributed by atoms with van der Waals surface area (Å²) < 4.78 is 1.76. The number of hydrogen-bond donors (Lipinski definition) is 1. The normalized spacial score (nSPS) is 11.2. The molecule has 0 spiro atoms. The highest BCUT2D eigenvalue weighted by atomic mass is 16.2. The van der Waals surface area contributed by atoms with Crippen molar-refractivity contribution in [3.63, 3.8) is 0 Å². The fourth-order valence-corrected chi connectivity index (χ4v) is 3.62. The molecule has 1 amide bonds. The number of nitrogens with one attached hydrogen (secondary N) is 1. The molecule has 0 radical (unpaired) electrons. The molecule has 0 bridgehead atoms. The molecule has 0 aliphatic rings. The number of carbonyl (C=O) groups is 1. The lowest BCUT2D eigenvalue weighted by molar-refractivity contribution is 0.102. The van der Waals surface area contributed by atoms with E-state index in [1.807, 2.05) is 68.4 Å². The first-order valence-electron chi connectivity index (χ1n) is 10.9. The Labute approximate surface area is 196 Å². The Morgan fingerprint density at radius 2 is 1.68 bits per heavy atom. The Balaban J connectivity index is 1.52. The van der Waals surface area contributed by atoms with Crippen LogP contribution in [0.25, 0.3) is 33.8 Å². The molecule has 0 unspecified atom stereocenters. The van der Waals surface area contributed by atoms with Crippen LogP contribution < -0.4 is 5.32 Å². The van der Waals surface area contributed by atoms with E-state index in [2.05, 4.69) is 30.4 Å². The monoisotopic (exact) mass is 450 g/mol. The molecule has 9 heteroatoms. The minimum Gasteiger partial charge on any atom is -0.289 e. The number of rotatable bonds is 5. The van der Waals surface area contributed by atoms with Gasteiger partial charge in [0.15, 0.2) is 17.2 Å². The fraction of sp³-hybridized carbons (Fsp3) is 0.160. The number of fused-ring (bicyclic) bond motifs is 1. The van der Waals surface area contributed by atoms with Crippen molar-refractivity contribution in [1.82, 2.24) is 34.7 Å². The van der Waals surface area contributed by atoms with Crippen molar-refractivity contribution >= 4 is 22.9 Å². The third-order valence-electron chi connectivity index (χ3n) is 5.20. The highest BCUT2D eigenvalue weighted by Crippen LogP contribution is 2.25. The van der Waals surface area contributed by atoms with Gasteiger partial charge in [-0.3, -0.25) is 15.1 Å². The molecule has 0 atom stereocenters. The van der Waals surface area contributed by atoms with Gasteiger partial charge < -0.3 is 0 Å². The Bertz CT molecular complexity index is 1480. The molecule has 0 fully saturated rings. The van der Waals surface area contributed by atoms with E-state index in [0.29, 0.717) is 28.4 Å². The highest BCUT2D eigenvalue weighted by molar-refractivity contribution is 6.10. The van der Waals surface area contributed by atoms with Gasteiger partial charge in [-0.25, -0.2) is 14.6 Å². The molecule has 1 N–H and O–H groups in total. The number of pyridine rings is 2. The number of hydrogen-bond acceptors (Lipinski definition) is 7. The first-order chi connectivity index (χ1) is 16.5. The smallest absolute Gasteiger partial charge is 0.279 e. The minimum absolute atomic E-state index is 0.0118. The molecule has 0 aliphatic carbocycles. The van der Waals surface area contributed by atoms with E-state index in [1.165, 1.54) is 0 Å². The number of aromatic nitrogens is 7. The van der Waals surface area contributed by atoms with Gasteiger partial charge in [-0.1, -0.05) is 36.4 Å². The van der Waals surface area contributed by atoms with Gasteiger partial charge in [0, 0.05) is 17.8 Å². The van der Waals surface area contributed by atoms with Crippen molar-refractivity contribution in [2.45, 2.75) is 26.8 Å². The number of benzene rings is 1. The molecular weight excluding hydrogens is 428 g/mol. The molecular formula is C25H22N8O. The van der Waals surface area contributed by atoms with E-state index in [-0.39, 0.29) is 17.7 Å². The quantitative estimate of drug-likeness (QED) is 0.420. The second kappa shape index (κ2) is 8.78. The van der Waals surface area contributed by atoms with Crippen LogP contribution in [-0.4, -0.2) is 40.6 Å². The van der Waals surface area contributed by atoms with Crippen LogP contribution in [0.5, 0.6) is 0 Å². The van der Waals surface area contributed by atoms with Gasteiger partial charge in [0.2, 0.25) is 5.95 Å². The summed E-state index contributed by atoms with van der Waals surface area (Å²) in [7, 11) is 0. The van der Waals surface area contributed by atoms with Crippen molar-refractivity contribution < 1.29 is 4.79 Å². The molecule has 5 rings (SSSR count). The van der Waals surface area contributed by atoms with Crippen LogP contribution in [0.15, 0.2) is 66.9 Å². The molecule has 0 saturated carbocycles. The average molecular weight is 451 g/mol. The fourth-order valence-electron chi connectivity index (χ4n) is 3.62.